The predicted molar refractivity (Wildman–Crippen MR) is 98.3 cm³/mol. The van der Waals surface area contributed by atoms with Gasteiger partial charge in [-0.1, -0.05) is 0 Å². The molecule has 0 aliphatic carbocycles. The Kier molecular flexibility index (Phi) is 5.32. The molecule has 1 aliphatic rings. The van der Waals surface area contributed by atoms with Gasteiger partial charge in [-0.15, -0.1) is 11.3 Å². The molecule has 1 aromatic heterocycles. The van der Waals surface area contributed by atoms with Crippen LogP contribution in [0.25, 0.3) is 0 Å². The smallest absolute Gasteiger partial charge is 0.338 e. The van der Waals surface area contributed by atoms with Crippen LogP contribution < -0.4 is 10.2 Å². The maximum absolute atomic E-state index is 12.4. The number of anilines is 2. The lowest BCUT2D eigenvalue weighted by Crippen LogP contribution is -2.28. The van der Waals surface area contributed by atoms with Gasteiger partial charge in [-0.25, -0.2) is 9.78 Å². The summed E-state index contributed by atoms with van der Waals surface area (Å²) in [4.78, 5) is 43.1. The van der Waals surface area contributed by atoms with E-state index in [1.807, 2.05) is 6.92 Å². The molecule has 3 rings (SSSR count). The van der Waals surface area contributed by atoms with Gasteiger partial charge in [0.05, 0.1) is 18.1 Å². The number of ether oxygens (including phenoxy) is 1. The van der Waals surface area contributed by atoms with Crippen LogP contribution in [0.2, 0.25) is 0 Å². The number of amides is 2. The van der Waals surface area contributed by atoms with Crippen molar-refractivity contribution in [2.45, 2.75) is 20.3 Å². The monoisotopic (exact) mass is 373 g/mol. The van der Waals surface area contributed by atoms with E-state index < -0.39 is 11.9 Å². The lowest BCUT2D eigenvalue weighted by atomic mass is 10.1. The molecular weight excluding hydrogens is 354 g/mol. The van der Waals surface area contributed by atoms with Crippen LogP contribution in [-0.4, -0.2) is 35.9 Å². The van der Waals surface area contributed by atoms with Crippen LogP contribution in [0.3, 0.4) is 0 Å². The molecule has 136 valence electrons. The molecule has 1 atom stereocenters. The first-order valence-electron chi connectivity index (χ1n) is 8.28. The van der Waals surface area contributed by atoms with E-state index in [4.69, 9.17) is 4.74 Å². The molecule has 2 aromatic rings. The number of carbonyl (C=O) groups excluding carboxylic acids is 3. The Labute approximate surface area is 155 Å². The fourth-order valence-electron chi connectivity index (χ4n) is 2.74. The Morgan fingerprint density at radius 2 is 2.08 bits per heavy atom. The first-order chi connectivity index (χ1) is 12.5. The summed E-state index contributed by atoms with van der Waals surface area (Å²) in [7, 11) is 0. The van der Waals surface area contributed by atoms with Gasteiger partial charge < -0.3 is 15.0 Å². The molecule has 0 saturated carbocycles. The van der Waals surface area contributed by atoms with Gasteiger partial charge in [0, 0.05) is 29.7 Å². The highest BCUT2D eigenvalue weighted by Crippen LogP contribution is 2.27. The minimum atomic E-state index is -0.434. The van der Waals surface area contributed by atoms with E-state index >= 15 is 0 Å². The minimum absolute atomic E-state index is 0.121. The molecule has 0 radical (unpaired) electrons. The summed E-state index contributed by atoms with van der Waals surface area (Å²) in [5.74, 6) is -1.16. The quantitative estimate of drug-likeness (QED) is 0.814. The third-order valence-electron chi connectivity index (χ3n) is 4.04. The van der Waals surface area contributed by atoms with Gasteiger partial charge in [0.15, 0.2) is 5.13 Å². The topological polar surface area (TPSA) is 88.6 Å². The van der Waals surface area contributed by atoms with Crippen LogP contribution in [0.5, 0.6) is 0 Å². The highest BCUT2D eigenvalue weighted by molar-refractivity contribution is 7.15. The minimum Gasteiger partial charge on any atom is -0.462 e. The predicted octanol–water partition coefficient (Wildman–Crippen LogP) is 2.62. The number of thiazole rings is 1. The molecule has 0 bridgehead atoms. The lowest BCUT2D eigenvalue weighted by molar-refractivity contribution is -0.122. The van der Waals surface area contributed by atoms with Crippen LogP contribution in [0, 0.1) is 12.8 Å². The normalized spacial score (nSPS) is 16.6. The van der Waals surface area contributed by atoms with Gasteiger partial charge >= 0.3 is 5.97 Å². The average Bonchev–Trinajstić information content (AvgIpc) is 3.21. The highest BCUT2D eigenvalue weighted by atomic mass is 32.1. The second-order valence-corrected chi connectivity index (χ2v) is 7.17. The van der Waals surface area contributed by atoms with Crippen molar-refractivity contribution >= 4 is 39.9 Å². The van der Waals surface area contributed by atoms with Crippen LogP contribution in [0.4, 0.5) is 10.8 Å². The molecule has 1 saturated heterocycles. The van der Waals surface area contributed by atoms with Gasteiger partial charge in [-0.05, 0) is 38.1 Å². The summed E-state index contributed by atoms with van der Waals surface area (Å²) >= 11 is 1.40. The Morgan fingerprint density at radius 1 is 1.35 bits per heavy atom. The second kappa shape index (κ2) is 7.65. The fraction of sp³-hybridized carbons (Fsp3) is 0.333. The number of aryl methyl sites for hydroxylation is 1. The van der Waals surface area contributed by atoms with Gasteiger partial charge in [-0.3, -0.25) is 9.59 Å². The summed E-state index contributed by atoms with van der Waals surface area (Å²) in [5, 5.41) is 3.30. The molecule has 2 amide bonds. The van der Waals surface area contributed by atoms with Crippen molar-refractivity contribution in [2.75, 3.05) is 23.4 Å². The Morgan fingerprint density at radius 3 is 2.69 bits per heavy atom. The Balaban J connectivity index is 1.65. The van der Waals surface area contributed by atoms with Crippen LogP contribution >= 0.6 is 11.3 Å². The molecule has 0 unspecified atom stereocenters. The molecule has 1 aliphatic heterocycles. The summed E-state index contributed by atoms with van der Waals surface area (Å²) < 4.78 is 4.94. The molecule has 8 heteroatoms. The Hall–Kier alpha value is -2.74. The van der Waals surface area contributed by atoms with E-state index in [9.17, 15) is 14.4 Å². The number of nitrogens with zero attached hydrogens (tertiary/aromatic N) is 2. The third-order valence-corrected chi connectivity index (χ3v) is 4.87. The van der Waals surface area contributed by atoms with Gasteiger partial charge in [0.1, 0.15) is 0 Å². The summed E-state index contributed by atoms with van der Waals surface area (Å²) in [6.45, 7) is 4.26. The van der Waals surface area contributed by atoms with Crippen molar-refractivity contribution in [3.8, 4) is 0 Å². The highest BCUT2D eigenvalue weighted by Gasteiger charge is 2.35. The zero-order valence-corrected chi connectivity index (χ0v) is 15.3. The maximum Gasteiger partial charge on any atom is 0.338 e. The molecular formula is C18H19N3O4S. The maximum atomic E-state index is 12.4. The van der Waals surface area contributed by atoms with Crippen LogP contribution in [0.1, 0.15) is 28.6 Å². The number of hydrogen-bond acceptors (Lipinski definition) is 6. The Bertz CT molecular complexity index is 831. The number of aromatic nitrogens is 1. The molecule has 1 aromatic carbocycles. The van der Waals surface area contributed by atoms with Gasteiger partial charge in [0.2, 0.25) is 11.8 Å². The van der Waals surface area contributed by atoms with E-state index in [0.717, 1.165) is 4.88 Å². The van der Waals surface area contributed by atoms with E-state index in [1.54, 1.807) is 42.3 Å². The lowest BCUT2D eigenvalue weighted by Gasteiger charge is -2.17. The van der Waals surface area contributed by atoms with Crippen LogP contribution in [0.15, 0.2) is 30.5 Å². The van der Waals surface area contributed by atoms with Crippen molar-refractivity contribution in [1.29, 1.82) is 0 Å². The number of hydrogen-bond donors (Lipinski definition) is 1. The summed E-state index contributed by atoms with van der Waals surface area (Å²) in [6, 6.07) is 6.61. The van der Waals surface area contributed by atoms with Crippen molar-refractivity contribution in [3.05, 3.63) is 40.9 Å². The van der Waals surface area contributed by atoms with E-state index in [-0.39, 0.29) is 18.2 Å². The second-order valence-electron chi connectivity index (χ2n) is 5.94. The van der Waals surface area contributed by atoms with Crippen molar-refractivity contribution < 1.29 is 19.1 Å². The summed E-state index contributed by atoms with van der Waals surface area (Å²) in [6.07, 6.45) is 1.84. The molecule has 1 fully saturated rings. The van der Waals surface area contributed by atoms with E-state index in [1.165, 1.54) is 11.3 Å². The SMILES string of the molecule is CCOC(=O)c1ccc(N2C[C@@H](C(=O)Nc3ncc(C)s3)CC2=O)cc1. The number of benzene rings is 1. The number of carbonyl (C=O) groups is 3. The summed E-state index contributed by atoms with van der Waals surface area (Å²) in [5.41, 5.74) is 1.08. The molecule has 0 spiro atoms. The van der Waals surface area contributed by atoms with Crippen molar-refractivity contribution in [3.63, 3.8) is 0 Å². The van der Waals surface area contributed by atoms with E-state index in [0.29, 0.717) is 29.5 Å². The van der Waals surface area contributed by atoms with Crippen LogP contribution in [-0.2, 0) is 14.3 Å². The van der Waals surface area contributed by atoms with Crippen molar-refractivity contribution in [2.24, 2.45) is 5.92 Å². The third kappa shape index (κ3) is 3.91. The molecule has 26 heavy (non-hydrogen) atoms. The first-order valence-corrected chi connectivity index (χ1v) is 9.10. The number of nitrogens with one attached hydrogen (secondary N) is 1. The van der Waals surface area contributed by atoms with Crippen molar-refractivity contribution in [1.82, 2.24) is 4.98 Å². The first kappa shape index (κ1) is 18.1. The van der Waals surface area contributed by atoms with Gasteiger partial charge in [0.25, 0.3) is 0 Å². The number of esters is 1. The largest absolute Gasteiger partial charge is 0.462 e. The molecule has 7 nitrogen and oxygen atoms in total. The number of rotatable bonds is 5. The van der Waals surface area contributed by atoms with Gasteiger partial charge in [-0.2, -0.15) is 0 Å². The van der Waals surface area contributed by atoms with E-state index in [2.05, 4.69) is 10.3 Å². The molecule has 2 heterocycles. The average molecular weight is 373 g/mol. The standard InChI is InChI=1S/C18H19N3O4S/c1-3-25-17(24)12-4-6-14(7-5-12)21-10-13(8-15(21)22)16(23)20-18-19-9-11(2)26-18/h4-7,9,13H,3,8,10H2,1-2H3,(H,19,20,23)/t13-/m0/s1. The zero-order chi connectivity index (χ0) is 18.7. The zero-order valence-electron chi connectivity index (χ0n) is 14.5. The fourth-order valence-corrected chi connectivity index (χ4v) is 3.41. The molecule has 1 N–H and O–H groups in total.